The summed E-state index contributed by atoms with van der Waals surface area (Å²) in [6.45, 7) is 8.01. The van der Waals surface area contributed by atoms with Crippen molar-refractivity contribution in [3.05, 3.63) is 65.5 Å². The largest absolute Gasteiger partial charge is 0.387 e. The third kappa shape index (κ3) is 8.75. The second-order valence-electron chi connectivity index (χ2n) is 10.3. The van der Waals surface area contributed by atoms with E-state index in [1.165, 1.54) is 19.1 Å². The summed E-state index contributed by atoms with van der Waals surface area (Å²) >= 11 is 0. The van der Waals surface area contributed by atoms with Gasteiger partial charge in [0.25, 0.3) is 0 Å². The Morgan fingerprint density at radius 1 is 1.14 bits per heavy atom. The van der Waals surface area contributed by atoms with Gasteiger partial charge in [-0.05, 0) is 87.4 Å². The van der Waals surface area contributed by atoms with Gasteiger partial charge in [-0.2, -0.15) is 0 Å². The van der Waals surface area contributed by atoms with E-state index in [1.807, 2.05) is 12.1 Å². The van der Waals surface area contributed by atoms with Crippen LogP contribution in [0.3, 0.4) is 0 Å². The van der Waals surface area contributed by atoms with E-state index in [-0.39, 0.29) is 24.1 Å². The Bertz CT molecular complexity index is 987. The molecule has 0 radical (unpaired) electrons. The van der Waals surface area contributed by atoms with E-state index < -0.39 is 11.6 Å². The Balaban J connectivity index is 1.51. The number of anilines is 1. The summed E-state index contributed by atoms with van der Waals surface area (Å²) in [5.74, 6) is 0.541. The summed E-state index contributed by atoms with van der Waals surface area (Å²) in [6.07, 6.45) is 3.56. The molecule has 1 atom stereocenters. The molecule has 190 valence electrons. The van der Waals surface area contributed by atoms with Gasteiger partial charge in [0.1, 0.15) is 5.82 Å². The molecule has 2 aromatic carbocycles. The number of carbonyl (C=O) groups excluding carboxylic acids is 2. The first-order valence-electron chi connectivity index (χ1n) is 12.5. The monoisotopic (exact) mass is 483 g/mol. The predicted octanol–water partition coefficient (Wildman–Crippen LogP) is 4.88. The van der Waals surface area contributed by atoms with Gasteiger partial charge in [-0.15, -0.1) is 0 Å². The van der Waals surface area contributed by atoms with Crippen molar-refractivity contribution in [2.24, 2.45) is 11.8 Å². The number of ketones is 1. The number of β-amino-alcohol motifs (C(OH)–C–C–N with tert-alkyl or cyclic N) is 1. The Morgan fingerprint density at radius 3 is 2.46 bits per heavy atom. The van der Waals surface area contributed by atoms with Crippen LogP contribution in [0.1, 0.15) is 56.0 Å². The van der Waals surface area contributed by atoms with E-state index >= 15 is 0 Å². The van der Waals surface area contributed by atoms with Crippen molar-refractivity contribution in [1.29, 1.82) is 0 Å². The molecule has 1 saturated heterocycles. The number of urea groups is 1. The molecule has 3 N–H and O–H groups in total. The highest BCUT2D eigenvalue weighted by atomic mass is 19.1. The van der Waals surface area contributed by atoms with Crippen LogP contribution in [0.4, 0.5) is 14.9 Å². The van der Waals surface area contributed by atoms with E-state index in [2.05, 4.69) is 29.4 Å². The second-order valence-corrected chi connectivity index (χ2v) is 10.3. The van der Waals surface area contributed by atoms with Gasteiger partial charge < -0.3 is 20.6 Å². The number of nitrogens with zero attached hydrogens (tertiary/aromatic N) is 1. The number of halogens is 1. The first-order valence-corrected chi connectivity index (χ1v) is 12.5. The minimum absolute atomic E-state index is 0.0678. The number of aliphatic hydroxyl groups is 1. The molecule has 0 bridgehead atoms. The Kier molecular flexibility index (Phi) is 9.40. The van der Waals surface area contributed by atoms with E-state index in [0.717, 1.165) is 37.9 Å². The summed E-state index contributed by atoms with van der Waals surface area (Å²) in [5, 5.41) is 17.0. The molecule has 1 aliphatic heterocycles. The number of hydrogen-bond donors (Lipinski definition) is 3. The molecule has 1 fully saturated rings. The van der Waals surface area contributed by atoms with Crippen LogP contribution in [0, 0.1) is 17.7 Å². The topological polar surface area (TPSA) is 81.7 Å². The van der Waals surface area contributed by atoms with Gasteiger partial charge in [0.2, 0.25) is 0 Å². The van der Waals surface area contributed by atoms with Crippen LogP contribution < -0.4 is 10.6 Å². The van der Waals surface area contributed by atoms with Gasteiger partial charge >= 0.3 is 6.03 Å². The smallest absolute Gasteiger partial charge is 0.319 e. The molecule has 0 aliphatic carbocycles. The molecule has 2 aromatic rings. The van der Waals surface area contributed by atoms with E-state index in [9.17, 15) is 19.1 Å². The molecule has 0 aromatic heterocycles. The summed E-state index contributed by atoms with van der Waals surface area (Å²) in [7, 11) is 0. The van der Waals surface area contributed by atoms with Crippen molar-refractivity contribution < 1.29 is 19.1 Å². The zero-order valence-electron chi connectivity index (χ0n) is 21.0. The molecule has 0 spiro atoms. The number of carbonyl (C=O) groups is 2. The first-order chi connectivity index (χ1) is 16.6. The molecular weight excluding hydrogens is 445 g/mol. The SMILES string of the molecule is CC(=O)c1cccc(NC(=O)NC[C@@](O)(CC(C)C)CN2CCC(Cc3ccc(F)cc3)CC2)c1. The van der Waals surface area contributed by atoms with Crippen molar-refractivity contribution in [3.63, 3.8) is 0 Å². The number of nitrogens with one attached hydrogen (secondary N) is 2. The Hall–Kier alpha value is -2.77. The number of amides is 2. The van der Waals surface area contributed by atoms with Gasteiger partial charge in [0.05, 0.1) is 5.60 Å². The van der Waals surface area contributed by atoms with Crippen LogP contribution in [0.2, 0.25) is 0 Å². The molecule has 3 rings (SSSR count). The highest BCUT2D eigenvalue weighted by Crippen LogP contribution is 2.25. The lowest BCUT2D eigenvalue weighted by molar-refractivity contribution is -0.0177. The van der Waals surface area contributed by atoms with E-state index in [1.54, 1.807) is 24.3 Å². The fourth-order valence-electron chi connectivity index (χ4n) is 4.91. The van der Waals surface area contributed by atoms with Crippen LogP contribution in [0.5, 0.6) is 0 Å². The number of Topliss-reactive ketones (excluding diaryl/α,β-unsaturated/α-hetero) is 1. The molecule has 1 heterocycles. The second kappa shape index (κ2) is 12.3. The molecule has 35 heavy (non-hydrogen) atoms. The molecule has 1 aliphatic rings. The lowest BCUT2D eigenvalue weighted by Crippen LogP contribution is -2.53. The molecular formula is C28H38FN3O3. The maximum atomic E-state index is 13.2. The highest BCUT2D eigenvalue weighted by molar-refractivity contribution is 5.96. The average molecular weight is 484 g/mol. The molecule has 2 amide bonds. The highest BCUT2D eigenvalue weighted by Gasteiger charge is 2.32. The van der Waals surface area contributed by atoms with Gasteiger partial charge in [-0.25, -0.2) is 9.18 Å². The van der Waals surface area contributed by atoms with Crippen LogP contribution >= 0.6 is 0 Å². The van der Waals surface area contributed by atoms with E-state index in [0.29, 0.717) is 30.1 Å². The van der Waals surface area contributed by atoms with Crippen molar-refractivity contribution in [2.45, 2.75) is 52.1 Å². The lowest BCUT2D eigenvalue weighted by Gasteiger charge is -2.39. The van der Waals surface area contributed by atoms with Crippen molar-refractivity contribution in [1.82, 2.24) is 10.2 Å². The van der Waals surface area contributed by atoms with Crippen LogP contribution in [-0.4, -0.2) is 53.6 Å². The van der Waals surface area contributed by atoms with Crippen molar-refractivity contribution in [3.8, 4) is 0 Å². The van der Waals surface area contributed by atoms with Crippen molar-refractivity contribution in [2.75, 3.05) is 31.5 Å². The number of likely N-dealkylation sites (tertiary alicyclic amines) is 1. The van der Waals surface area contributed by atoms with Gasteiger partial charge in [-0.3, -0.25) is 4.79 Å². The Morgan fingerprint density at radius 2 is 1.83 bits per heavy atom. The minimum Gasteiger partial charge on any atom is -0.387 e. The molecule has 7 heteroatoms. The van der Waals surface area contributed by atoms with Crippen LogP contribution in [0.25, 0.3) is 0 Å². The summed E-state index contributed by atoms with van der Waals surface area (Å²) in [6, 6.07) is 13.1. The third-order valence-electron chi connectivity index (χ3n) is 6.56. The summed E-state index contributed by atoms with van der Waals surface area (Å²) < 4.78 is 13.2. The lowest BCUT2D eigenvalue weighted by atomic mass is 9.87. The zero-order valence-corrected chi connectivity index (χ0v) is 21.0. The summed E-state index contributed by atoms with van der Waals surface area (Å²) in [5.41, 5.74) is 1.18. The number of piperidine rings is 1. The maximum Gasteiger partial charge on any atom is 0.319 e. The van der Waals surface area contributed by atoms with Crippen molar-refractivity contribution >= 4 is 17.5 Å². The predicted molar refractivity (Wildman–Crippen MR) is 137 cm³/mol. The number of hydrogen-bond acceptors (Lipinski definition) is 4. The summed E-state index contributed by atoms with van der Waals surface area (Å²) in [4.78, 5) is 26.4. The quantitative estimate of drug-likeness (QED) is 0.421. The van der Waals surface area contributed by atoms with Gasteiger partial charge in [-0.1, -0.05) is 38.1 Å². The number of benzene rings is 2. The number of rotatable bonds is 10. The van der Waals surface area contributed by atoms with Gasteiger partial charge in [0.15, 0.2) is 5.78 Å². The zero-order chi connectivity index (χ0) is 25.4. The third-order valence-corrected chi connectivity index (χ3v) is 6.56. The fraction of sp³-hybridized carbons (Fsp3) is 0.500. The maximum absolute atomic E-state index is 13.2. The van der Waals surface area contributed by atoms with Crippen LogP contribution in [0.15, 0.2) is 48.5 Å². The first kappa shape index (κ1) is 26.8. The normalized spacial score (nSPS) is 16.6. The van der Waals surface area contributed by atoms with Crippen LogP contribution in [-0.2, 0) is 6.42 Å². The van der Waals surface area contributed by atoms with E-state index in [4.69, 9.17) is 0 Å². The standard InChI is InChI=1S/C28H38FN3O3/c1-20(2)17-28(35,18-30-27(34)31-26-6-4-5-24(16-26)21(3)33)19-32-13-11-23(12-14-32)15-22-7-9-25(29)10-8-22/h4-10,16,20,23,35H,11-15,17-19H2,1-3H3,(H2,30,31,34)/t28-/m0/s1. The Labute approximate surface area is 207 Å². The molecule has 6 nitrogen and oxygen atoms in total. The molecule has 0 unspecified atom stereocenters. The minimum atomic E-state index is -1.05. The fourth-order valence-corrected chi connectivity index (χ4v) is 4.91. The average Bonchev–Trinajstić information content (AvgIpc) is 2.80. The molecule has 0 saturated carbocycles. The van der Waals surface area contributed by atoms with Gasteiger partial charge in [0, 0.05) is 24.3 Å².